The summed E-state index contributed by atoms with van der Waals surface area (Å²) >= 11 is 0. The molecule has 0 saturated heterocycles. The second-order valence-electron chi connectivity index (χ2n) is 4.63. The lowest BCUT2D eigenvalue weighted by molar-refractivity contribution is 0.131. The fourth-order valence-corrected chi connectivity index (χ4v) is 1.50. The van der Waals surface area contributed by atoms with Crippen LogP contribution >= 0.6 is 0 Å². The fraction of sp³-hybridized carbons (Fsp3) is 0.429. The lowest BCUT2D eigenvalue weighted by atomic mass is 10.0. The van der Waals surface area contributed by atoms with Crippen LogP contribution < -0.4 is 4.74 Å². The van der Waals surface area contributed by atoms with Crippen LogP contribution in [0.25, 0.3) is 6.08 Å². The van der Waals surface area contributed by atoms with Crippen LogP contribution in [0, 0.1) is 0 Å². The molecule has 1 rings (SSSR count). The minimum atomic E-state index is -0.138. The van der Waals surface area contributed by atoms with Gasteiger partial charge < -0.3 is 4.74 Å². The van der Waals surface area contributed by atoms with Crippen molar-refractivity contribution in [3.05, 3.63) is 35.9 Å². The molecule has 0 amide bonds. The van der Waals surface area contributed by atoms with Crippen molar-refractivity contribution < 1.29 is 4.74 Å². The van der Waals surface area contributed by atoms with Gasteiger partial charge in [-0.15, -0.1) is 0 Å². The van der Waals surface area contributed by atoms with Gasteiger partial charge in [-0.1, -0.05) is 25.6 Å². The molecule has 0 radical (unpaired) electrons. The summed E-state index contributed by atoms with van der Waals surface area (Å²) in [7, 11) is 0. The van der Waals surface area contributed by atoms with Crippen LogP contribution in [0.3, 0.4) is 0 Å². The highest BCUT2D eigenvalue weighted by atomic mass is 16.5. The van der Waals surface area contributed by atoms with Crippen molar-refractivity contribution in [2.45, 2.75) is 39.7 Å². The molecule has 1 aromatic carbocycles. The van der Waals surface area contributed by atoms with Crippen molar-refractivity contribution in [1.82, 2.24) is 0 Å². The molecule has 0 unspecified atom stereocenters. The number of aryl methyl sites for hydroxylation is 1. The quantitative estimate of drug-likeness (QED) is 0.721. The molecule has 0 aromatic heterocycles. The molecule has 0 aliphatic carbocycles. The third kappa shape index (κ3) is 3.43. The number of hydrogen-bond donors (Lipinski definition) is 0. The van der Waals surface area contributed by atoms with Gasteiger partial charge >= 0.3 is 0 Å². The average molecular weight is 204 g/mol. The van der Waals surface area contributed by atoms with Crippen molar-refractivity contribution in [2.75, 3.05) is 0 Å². The van der Waals surface area contributed by atoms with Gasteiger partial charge in [-0.2, -0.15) is 0 Å². The Hall–Kier alpha value is -1.24. The van der Waals surface area contributed by atoms with E-state index in [0.29, 0.717) is 0 Å². The van der Waals surface area contributed by atoms with E-state index in [4.69, 9.17) is 4.74 Å². The van der Waals surface area contributed by atoms with Crippen LogP contribution in [-0.2, 0) is 6.42 Å². The summed E-state index contributed by atoms with van der Waals surface area (Å²) in [6.07, 6.45) is 2.89. The Kier molecular flexibility index (Phi) is 3.57. The molecule has 1 nitrogen and oxygen atoms in total. The van der Waals surface area contributed by atoms with Crippen LogP contribution in [0.2, 0.25) is 0 Å². The maximum absolute atomic E-state index is 5.81. The summed E-state index contributed by atoms with van der Waals surface area (Å²) < 4.78 is 5.81. The summed E-state index contributed by atoms with van der Waals surface area (Å²) in [5.74, 6) is 0.935. The van der Waals surface area contributed by atoms with Gasteiger partial charge in [0.15, 0.2) is 0 Å². The summed E-state index contributed by atoms with van der Waals surface area (Å²) in [6.45, 7) is 12.1. The van der Waals surface area contributed by atoms with Gasteiger partial charge in [-0.25, -0.2) is 0 Å². The Labute approximate surface area is 92.8 Å². The Morgan fingerprint density at radius 1 is 1.33 bits per heavy atom. The molecule has 0 aliphatic rings. The van der Waals surface area contributed by atoms with E-state index in [1.165, 1.54) is 11.1 Å². The van der Waals surface area contributed by atoms with Gasteiger partial charge in [0.25, 0.3) is 0 Å². The van der Waals surface area contributed by atoms with Crippen LogP contribution in [0.15, 0.2) is 24.8 Å². The zero-order valence-corrected chi connectivity index (χ0v) is 10.1. The molecule has 0 atom stereocenters. The number of rotatable bonds is 3. The first kappa shape index (κ1) is 11.8. The molecule has 0 fully saturated rings. The number of benzene rings is 1. The zero-order valence-electron chi connectivity index (χ0n) is 10.1. The van der Waals surface area contributed by atoms with Gasteiger partial charge in [-0.3, -0.25) is 0 Å². The Morgan fingerprint density at radius 2 is 2.00 bits per heavy atom. The van der Waals surface area contributed by atoms with E-state index in [1.54, 1.807) is 0 Å². The standard InChI is InChI=1S/C14H20O/c1-6-11-8-9-13(10-12(11)7-2)15-14(3,4)5/h6,8-10H,1,7H2,2-5H3. The van der Waals surface area contributed by atoms with E-state index < -0.39 is 0 Å². The monoisotopic (exact) mass is 204 g/mol. The second-order valence-corrected chi connectivity index (χ2v) is 4.63. The van der Waals surface area contributed by atoms with E-state index in [0.717, 1.165) is 12.2 Å². The van der Waals surface area contributed by atoms with Crippen LogP contribution in [-0.4, -0.2) is 5.60 Å². The Balaban J connectivity index is 2.98. The first-order chi connectivity index (χ1) is 6.96. The topological polar surface area (TPSA) is 9.23 Å². The van der Waals surface area contributed by atoms with Crippen molar-refractivity contribution >= 4 is 6.08 Å². The molecular weight excluding hydrogens is 184 g/mol. The highest BCUT2D eigenvalue weighted by Crippen LogP contribution is 2.22. The minimum absolute atomic E-state index is 0.138. The van der Waals surface area contributed by atoms with Gasteiger partial charge in [0.1, 0.15) is 11.4 Å². The second kappa shape index (κ2) is 4.52. The largest absolute Gasteiger partial charge is 0.488 e. The molecule has 1 heteroatoms. The predicted octanol–water partition coefficient (Wildman–Crippen LogP) is 4.07. The van der Waals surface area contributed by atoms with Crippen molar-refractivity contribution in [3.63, 3.8) is 0 Å². The third-order valence-electron chi connectivity index (χ3n) is 2.14. The molecule has 0 N–H and O–H groups in total. The van der Waals surface area contributed by atoms with Crippen molar-refractivity contribution in [2.24, 2.45) is 0 Å². The van der Waals surface area contributed by atoms with Crippen molar-refractivity contribution in [1.29, 1.82) is 0 Å². The first-order valence-electron chi connectivity index (χ1n) is 5.40. The van der Waals surface area contributed by atoms with Gasteiger partial charge in [0.05, 0.1) is 0 Å². The van der Waals surface area contributed by atoms with Gasteiger partial charge in [0.2, 0.25) is 0 Å². The maximum Gasteiger partial charge on any atom is 0.120 e. The molecule has 0 bridgehead atoms. The minimum Gasteiger partial charge on any atom is -0.488 e. The Bertz CT molecular complexity index is 345. The summed E-state index contributed by atoms with van der Waals surface area (Å²) in [5.41, 5.74) is 2.34. The molecule has 15 heavy (non-hydrogen) atoms. The third-order valence-corrected chi connectivity index (χ3v) is 2.14. The van der Waals surface area contributed by atoms with Crippen LogP contribution in [0.1, 0.15) is 38.8 Å². The fourth-order valence-electron chi connectivity index (χ4n) is 1.50. The first-order valence-corrected chi connectivity index (χ1v) is 5.40. The number of ether oxygens (including phenoxy) is 1. The summed E-state index contributed by atoms with van der Waals surface area (Å²) in [5, 5.41) is 0. The van der Waals surface area contributed by atoms with Crippen LogP contribution in [0.4, 0.5) is 0 Å². The van der Waals surface area contributed by atoms with E-state index in [9.17, 15) is 0 Å². The van der Waals surface area contributed by atoms with Gasteiger partial charge in [-0.05, 0) is 50.5 Å². The maximum atomic E-state index is 5.81. The normalized spacial score (nSPS) is 11.2. The number of hydrogen-bond acceptors (Lipinski definition) is 1. The highest BCUT2D eigenvalue weighted by molar-refractivity contribution is 5.54. The lowest BCUT2D eigenvalue weighted by Gasteiger charge is -2.22. The van der Waals surface area contributed by atoms with E-state index >= 15 is 0 Å². The van der Waals surface area contributed by atoms with E-state index in [1.807, 2.05) is 12.1 Å². The molecule has 0 aliphatic heterocycles. The molecule has 0 spiro atoms. The smallest absolute Gasteiger partial charge is 0.120 e. The molecule has 0 heterocycles. The molecule has 1 aromatic rings. The van der Waals surface area contributed by atoms with Gasteiger partial charge in [0, 0.05) is 0 Å². The van der Waals surface area contributed by atoms with Crippen molar-refractivity contribution in [3.8, 4) is 5.75 Å². The molecular formula is C14H20O. The molecule has 0 saturated carbocycles. The summed E-state index contributed by atoms with van der Waals surface area (Å²) in [4.78, 5) is 0. The average Bonchev–Trinajstić information content (AvgIpc) is 2.15. The van der Waals surface area contributed by atoms with Crippen LogP contribution in [0.5, 0.6) is 5.75 Å². The van der Waals surface area contributed by atoms with E-state index in [2.05, 4.69) is 46.4 Å². The SMILES string of the molecule is C=Cc1ccc(OC(C)(C)C)cc1CC. The molecule has 82 valence electrons. The Morgan fingerprint density at radius 3 is 2.47 bits per heavy atom. The lowest BCUT2D eigenvalue weighted by Crippen LogP contribution is -2.23. The van der Waals surface area contributed by atoms with E-state index in [-0.39, 0.29) is 5.60 Å². The predicted molar refractivity (Wildman–Crippen MR) is 66.3 cm³/mol. The summed E-state index contributed by atoms with van der Waals surface area (Å²) in [6, 6.07) is 6.16. The zero-order chi connectivity index (χ0) is 11.5. The highest BCUT2D eigenvalue weighted by Gasteiger charge is 2.12.